The van der Waals surface area contributed by atoms with Crippen molar-refractivity contribution in [1.82, 2.24) is 10.6 Å². The number of carboxylic acid groups (broad SMARTS) is 1. The van der Waals surface area contributed by atoms with Crippen molar-refractivity contribution in [3.05, 3.63) is 0 Å². The minimum atomic E-state index is -1.18. The summed E-state index contributed by atoms with van der Waals surface area (Å²) >= 11 is 0. The van der Waals surface area contributed by atoms with E-state index in [1.807, 2.05) is 0 Å². The number of primary amides is 1. The average molecular weight is 287 g/mol. The second kappa shape index (κ2) is 10.1. The van der Waals surface area contributed by atoms with Crippen LogP contribution in [0.2, 0.25) is 0 Å². The third kappa shape index (κ3) is 10.2. The molecule has 0 bridgehead atoms. The van der Waals surface area contributed by atoms with Crippen LogP contribution in [0.5, 0.6) is 0 Å². The zero-order valence-electron chi connectivity index (χ0n) is 12.1. The molecule has 0 fully saturated rings. The van der Waals surface area contributed by atoms with Gasteiger partial charge in [0.15, 0.2) is 0 Å². The number of hydrogen-bond donors (Lipinski definition) is 4. The summed E-state index contributed by atoms with van der Waals surface area (Å²) in [5, 5.41) is 13.8. The number of hydrogen-bond acceptors (Lipinski definition) is 3. The smallest absolute Gasteiger partial charge is 0.326 e. The monoisotopic (exact) mass is 287 g/mol. The molecule has 0 aromatic carbocycles. The summed E-state index contributed by atoms with van der Waals surface area (Å²) in [6, 6.07) is -1.63. The molecule has 0 saturated carbocycles. The van der Waals surface area contributed by atoms with Crippen LogP contribution in [0, 0.1) is 5.92 Å². The van der Waals surface area contributed by atoms with Gasteiger partial charge in [0.05, 0.1) is 0 Å². The Morgan fingerprint density at radius 3 is 2.30 bits per heavy atom. The minimum Gasteiger partial charge on any atom is -0.480 e. The van der Waals surface area contributed by atoms with Crippen molar-refractivity contribution in [2.75, 3.05) is 6.54 Å². The average Bonchev–Trinajstić information content (AvgIpc) is 2.32. The van der Waals surface area contributed by atoms with Crippen molar-refractivity contribution < 1.29 is 19.5 Å². The quantitative estimate of drug-likeness (QED) is 0.444. The second-order valence-corrected chi connectivity index (χ2v) is 5.19. The fourth-order valence-corrected chi connectivity index (χ4v) is 1.63. The van der Waals surface area contributed by atoms with Gasteiger partial charge in [-0.05, 0) is 18.8 Å². The number of carboxylic acids is 1. The number of carbonyl (C=O) groups excluding carboxylic acids is 2. The largest absolute Gasteiger partial charge is 0.480 e. The molecular formula is C13H25N3O4. The molecule has 0 heterocycles. The van der Waals surface area contributed by atoms with Gasteiger partial charge in [-0.1, -0.05) is 26.7 Å². The lowest BCUT2D eigenvalue weighted by Crippen LogP contribution is -2.46. The zero-order valence-corrected chi connectivity index (χ0v) is 12.1. The highest BCUT2D eigenvalue weighted by molar-refractivity contribution is 5.83. The molecule has 116 valence electrons. The molecule has 0 aliphatic heterocycles. The standard InChI is InChI=1S/C13H25N3O4/c1-9(2)5-3-4-8-15-13(20)16-10(12(18)19)6-7-11(14)17/h9-10H,3-8H2,1-2H3,(H2,14,17)(H,18,19)(H2,15,16,20)/t10-/m0/s1. The molecular weight excluding hydrogens is 262 g/mol. The van der Waals surface area contributed by atoms with Gasteiger partial charge in [-0.25, -0.2) is 9.59 Å². The van der Waals surface area contributed by atoms with Crippen LogP contribution < -0.4 is 16.4 Å². The number of rotatable bonds is 10. The lowest BCUT2D eigenvalue weighted by Gasteiger charge is -2.14. The van der Waals surface area contributed by atoms with E-state index in [9.17, 15) is 14.4 Å². The Bertz CT molecular complexity index is 332. The number of nitrogens with two attached hydrogens (primary N) is 1. The van der Waals surface area contributed by atoms with Crippen LogP contribution in [-0.2, 0) is 9.59 Å². The number of aliphatic carboxylic acids is 1. The molecule has 0 rings (SSSR count). The van der Waals surface area contributed by atoms with Crippen LogP contribution in [0.1, 0.15) is 46.0 Å². The van der Waals surface area contributed by atoms with Crippen molar-refractivity contribution in [1.29, 1.82) is 0 Å². The van der Waals surface area contributed by atoms with E-state index < -0.39 is 23.9 Å². The predicted octanol–water partition coefficient (Wildman–Crippen LogP) is 0.831. The summed E-state index contributed by atoms with van der Waals surface area (Å²) in [5.74, 6) is -1.14. The molecule has 0 unspecified atom stereocenters. The van der Waals surface area contributed by atoms with Crippen LogP contribution in [0.4, 0.5) is 4.79 Å². The van der Waals surface area contributed by atoms with Crippen molar-refractivity contribution in [3.63, 3.8) is 0 Å². The molecule has 3 amide bonds. The van der Waals surface area contributed by atoms with Crippen LogP contribution in [0.25, 0.3) is 0 Å². The Balaban J connectivity index is 3.89. The fraction of sp³-hybridized carbons (Fsp3) is 0.769. The van der Waals surface area contributed by atoms with Gasteiger partial charge < -0.3 is 21.5 Å². The molecule has 1 atom stereocenters. The Morgan fingerprint density at radius 2 is 1.80 bits per heavy atom. The van der Waals surface area contributed by atoms with Gasteiger partial charge in [-0.2, -0.15) is 0 Å². The molecule has 0 spiro atoms. The Kier molecular flexibility index (Phi) is 9.15. The summed E-state index contributed by atoms with van der Waals surface area (Å²) in [5.41, 5.74) is 4.95. The molecule has 0 radical (unpaired) electrons. The predicted molar refractivity (Wildman–Crippen MR) is 75.1 cm³/mol. The van der Waals surface area contributed by atoms with Gasteiger partial charge in [-0.15, -0.1) is 0 Å². The van der Waals surface area contributed by atoms with Crippen molar-refractivity contribution in [2.45, 2.75) is 52.0 Å². The van der Waals surface area contributed by atoms with Crippen molar-refractivity contribution in [3.8, 4) is 0 Å². The molecule has 0 aromatic rings. The number of carbonyl (C=O) groups is 3. The molecule has 7 nitrogen and oxygen atoms in total. The fourth-order valence-electron chi connectivity index (χ4n) is 1.63. The number of amides is 3. The first-order chi connectivity index (χ1) is 9.32. The summed E-state index contributed by atoms with van der Waals surface area (Å²) in [4.78, 5) is 33.0. The van der Waals surface area contributed by atoms with E-state index in [-0.39, 0.29) is 12.8 Å². The summed E-state index contributed by atoms with van der Waals surface area (Å²) in [6.07, 6.45) is 2.88. The number of unbranched alkanes of at least 4 members (excludes halogenated alkanes) is 1. The molecule has 0 aliphatic carbocycles. The molecule has 0 saturated heterocycles. The van der Waals surface area contributed by atoms with E-state index in [0.29, 0.717) is 12.5 Å². The van der Waals surface area contributed by atoms with Crippen LogP contribution in [0.3, 0.4) is 0 Å². The van der Waals surface area contributed by atoms with Gasteiger partial charge in [-0.3, -0.25) is 4.79 Å². The third-order valence-corrected chi connectivity index (χ3v) is 2.78. The van der Waals surface area contributed by atoms with Gasteiger partial charge in [0.1, 0.15) is 6.04 Å². The third-order valence-electron chi connectivity index (χ3n) is 2.78. The maximum Gasteiger partial charge on any atom is 0.326 e. The molecule has 0 aliphatic rings. The molecule has 20 heavy (non-hydrogen) atoms. The summed E-state index contributed by atoms with van der Waals surface area (Å²) < 4.78 is 0. The Hall–Kier alpha value is -1.79. The first-order valence-corrected chi connectivity index (χ1v) is 6.88. The van der Waals surface area contributed by atoms with Crippen LogP contribution in [-0.4, -0.2) is 35.6 Å². The number of urea groups is 1. The van der Waals surface area contributed by atoms with Crippen molar-refractivity contribution in [2.24, 2.45) is 11.7 Å². The minimum absolute atomic E-state index is 0.00850. The maximum atomic E-state index is 11.5. The van der Waals surface area contributed by atoms with E-state index in [2.05, 4.69) is 24.5 Å². The molecule has 0 aromatic heterocycles. The van der Waals surface area contributed by atoms with E-state index in [0.717, 1.165) is 19.3 Å². The summed E-state index contributed by atoms with van der Waals surface area (Å²) in [7, 11) is 0. The van der Waals surface area contributed by atoms with Gasteiger partial charge in [0.2, 0.25) is 5.91 Å². The van der Waals surface area contributed by atoms with Gasteiger partial charge in [0, 0.05) is 13.0 Å². The zero-order chi connectivity index (χ0) is 15.5. The highest BCUT2D eigenvalue weighted by Gasteiger charge is 2.20. The SMILES string of the molecule is CC(C)CCCCNC(=O)N[C@@H](CCC(N)=O)C(=O)O. The Morgan fingerprint density at radius 1 is 1.15 bits per heavy atom. The van der Waals surface area contributed by atoms with Gasteiger partial charge in [0.25, 0.3) is 0 Å². The van der Waals surface area contributed by atoms with E-state index in [4.69, 9.17) is 10.8 Å². The molecule has 5 N–H and O–H groups in total. The van der Waals surface area contributed by atoms with Gasteiger partial charge >= 0.3 is 12.0 Å². The van der Waals surface area contributed by atoms with E-state index >= 15 is 0 Å². The lowest BCUT2D eigenvalue weighted by atomic mass is 10.1. The van der Waals surface area contributed by atoms with E-state index in [1.165, 1.54) is 0 Å². The van der Waals surface area contributed by atoms with Crippen LogP contribution >= 0.6 is 0 Å². The molecule has 7 heteroatoms. The highest BCUT2D eigenvalue weighted by atomic mass is 16.4. The van der Waals surface area contributed by atoms with Crippen molar-refractivity contribution >= 4 is 17.9 Å². The van der Waals surface area contributed by atoms with E-state index in [1.54, 1.807) is 0 Å². The maximum absolute atomic E-state index is 11.5. The first-order valence-electron chi connectivity index (χ1n) is 6.88. The topological polar surface area (TPSA) is 122 Å². The summed E-state index contributed by atoms with van der Waals surface area (Å²) in [6.45, 7) is 4.77. The second-order valence-electron chi connectivity index (χ2n) is 5.19. The highest BCUT2D eigenvalue weighted by Crippen LogP contribution is 2.05. The lowest BCUT2D eigenvalue weighted by molar-refractivity contribution is -0.139. The number of nitrogens with one attached hydrogen (secondary N) is 2. The Labute approximate surface area is 119 Å². The normalized spacial score (nSPS) is 11.9. The first kappa shape index (κ1) is 18.2. The van der Waals surface area contributed by atoms with Crippen LogP contribution in [0.15, 0.2) is 0 Å².